The second-order valence-electron chi connectivity index (χ2n) is 9.99. The normalized spacial score (nSPS) is 21.5. The molecule has 2 aliphatic rings. The van der Waals surface area contributed by atoms with Crippen LogP contribution in [0.1, 0.15) is 25.8 Å². The molecule has 7 heteroatoms. The highest BCUT2D eigenvalue weighted by Crippen LogP contribution is 2.21. The lowest BCUT2D eigenvalue weighted by atomic mass is 9.92. The Balaban J connectivity index is 1.19. The number of hydrogen-bond donors (Lipinski definition) is 1. The maximum absolute atomic E-state index is 12.7. The van der Waals surface area contributed by atoms with Crippen LogP contribution in [-0.4, -0.2) is 84.8 Å². The summed E-state index contributed by atoms with van der Waals surface area (Å²) in [6.07, 6.45) is 1.43. The molecule has 0 aliphatic carbocycles. The number of carbonyl (C=O) groups is 3. The summed E-state index contributed by atoms with van der Waals surface area (Å²) < 4.78 is 0. The molecule has 4 rings (SSSR count). The SMILES string of the molecule is C[C@H]1C[C@H](C)CN(C(=O)CN2CCN(C(=O)CNC(=O)Cc3cccc4ccccc34)CC2)C1. The molecule has 1 N–H and O–H groups in total. The Morgan fingerprint density at radius 1 is 0.853 bits per heavy atom. The maximum atomic E-state index is 12.7. The smallest absolute Gasteiger partial charge is 0.242 e. The first-order valence-corrected chi connectivity index (χ1v) is 12.4. The molecule has 7 nitrogen and oxygen atoms in total. The van der Waals surface area contributed by atoms with Gasteiger partial charge >= 0.3 is 0 Å². The molecule has 3 amide bonds. The van der Waals surface area contributed by atoms with Gasteiger partial charge in [0.15, 0.2) is 0 Å². The summed E-state index contributed by atoms with van der Waals surface area (Å²) >= 11 is 0. The van der Waals surface area contributed by atoms with Crippen molar-refractivity contribution in [2.75, 3.05) is 52.4 Å². The molecule has 182 valence electrons. The first-order valence-electron chi connectivity index (χ1n) is 12.4. The van der Waals surface area contributed by atoms with Gasteiger partial charge in [-0.3, -0.25) is 19.3 Å². The summed E-state index contributed by atoms with van der Waals surface area (Å²) in [4.78, 5) is 43.8. The predicted molar refractivity (Wildman–Crippen MR) is 133 cm³/mol. The predicted octanol–water partition coefficient (Wildman–Crippen LogP) is 2.15. The summed E-state index contributed by atoms with van der Waals surface area (Å²) in [6, 6.07) is 13.9. The summed E-state index contributed by atoms with van der Waals surface area (Å²) in [5, 5.41) is 4.95. The van der Waals surface area contributed by atoms with Crippen molar-refractivity contribution in [3.05, 3.63) is 48.0 Å². The highest BCUT2D eigenvalue weighted by atomic mass is 16.2. The lowest BCUT2D eigenvalue weighted by Crippen LogP contribution is -2.54. The zero-order chi connectivity index (χ0) is 24.1. The number of nitrogens with zero attached hydrogens (tertiary/aromatic N) is 3. The zero-order valence-electron chi connectivity index (χ0n) is 20.3. The maximum Gasteiger partial charge on any atom is 0.242 e. The summed E-state index contributed by atoms with van der Waals surface area (Å²) in [7, 11) is 0. The van der Waals surface area contributed by atoms with Crippen LogP contribution in [0.4, 0.5) is 0 Å². The largest absolute Gasteiger partial charge is 0.347 e. The molecule has 2 aromatic carbocycles. The van der Waals surface area contributed by atoms with Crippen molar-refractivity contribution in [1.82, 2.24) is 20.0 Å². The van der Waals surface area contributed by atoms with Gasteiger partial charge in [0.25, 0.3) is 0 Å². The van der Waals surface area contributed by atoms with Crippen LogP contribution in [0.15, 0.2) is 42.5 Å². The molecule has 2 saturated heterocycles. The van der Waals surface area contributed by atoms with E-state index in [1.54, 1.807) is 4.90 Å². The Bertz CT molecular complexity index is 1020. The zero-order valence-corrected chi connectivity index (χ0v) is 20.3. The lowest BCUT2D eigenvalue weighted by molar-refractivity contribution is -0.137. The molecule has 2 atom stereocenters. The molecule has 0 aromatic heterocycles. The molecule has 0 unspecified atom stereocenters. The highest BCUT2D eigenvalue weighted by molar-refractivity contribution is 5.91. The second kappa shape index (κ2) is 11.0. The van der Waals surface area contributed by atoms with Gasteiger partial charge < -0.3 is 15.1 Å². The minimum atomic E-state index is -0.154. The Morgan fingerprint density at radius 3 is 2.26 bits per heavy atom. The third-order valence-electron chi connectivity index (χ3n) is 6.97. The van der Waals surface area contributed by atoms with Crippen molar-refractivity contribution in [2.24, 2.45) is 11.8 Å². The monoisotopic (exact) mass is 464 g/mol. The molecule has 0 radical (unpaired) electrons. The van der Waals surface area contributed by atoms with E-state index in [0.717, 1.165) is 29.4 Å². The molecule has 2 aliphatic heterocycles. The van der Waals surface area contributed by atoms with Crippen LogP contribution < -0.4 is 5.32 Å². The standard InChI is InChI=1S/C27H36N4O3/c1-20-14-21(2)18-31(17-20)27(34)19-29-10-12-30(13-11-29)26(33)16-28-25(32)15-23-8-5-7-22-6-3-4-9-24(22)23/h3-9,20-21H,10-19H2,1-2H3,(H,28,32)/t20-,21-/m0/s1. The molecule has 2 fully saturated rings. The van der Waals surface area contributed by atoms with E-state index in [-0.39, 0.29) is 30.7 Å². The van der Waals surface area contributed by atoms with Crippen molar-refractivity contribution < 1.29 is 14.4 Å². The van der Waals surface area contributed by atoms with Gasteiger partial charge in [-0.05, 0) is 34.6 Å². The number of hydrogen-bond acceptors (Lipinski definition) is 4. The fraction of sp³-hybridized carbons (Fsp3) is 0.519. The van der Waals surface area contributed by atoms with E-state index in [1.165, 1.54) is 6.42 Å². The average Bonchev–Trinajstić information content (AvgIpc) is 2.82. The van der Waals surface area contributed by atoms with Gasteiger partial charge in [0.1, 0.15) is 0 Å². The quantitative estimate of drug-likeness (QED) is 0.711. The van der Waals surface area contributed by atoms with Crippen molar-refractivity contribution in [2.45, 2.75) is 26.7 Å². The number of rotatable bonds is 6. The third-order valence-corrected chi connectivity index (χ3v) is 6.97. The Labute approximate surface area is 202 Å². The second-order valence-corrected chi connectivity index (χ2v) is 9.99. The van der Waals surface area contributed by atoms with Gasteiger partial charge in [-0.2, -0.15) is 0 Å². The number of fused-ring (bicyclic) bond motifs is 1. The average molecular weight is 465 g/mol. The van der Waals surface area contributed by atoms with Crippen molar-refractivity contribution in [3.63, 3.8) is 0 Å². The first kappa shape index (κ1) is 24.2. The molecule has 2 aromatic rings. The van der Waals surface area contributed by atoms with Crippen LogP contribution in [0.3, 0.4) is 0 Å². The molecule has 0 saturated carbocycles. The number of amides is 3. The number of likely N-dealkylation sites (tertiary alicyclic amines) is 1. The molecule has 2 heterocycles. The van der Waals surface area contributed by atoms with E-state index in [2.05, 4.69) is 24.1 Å². The third kappa shape index (κ3) is 6.14. The number of piperidine rings is 1. The molecular formula is C27H36N4O3. The van der Waals surface area contributed by atoms with E-state index in [9.17, 15) is 14.4 Å². The van der Waals surface area contributed by atoms with Crippen LogP contribution in [0.2, 0.25) is 0 Å². The van der Waals surface area contributed by atoms with Crippen molar-refractivity contribution >= 4 is 28.5 Å². The van der Waals surface area contributed by atoms with Gasteiger partial charge in [-0.15, -0.1) is 0 Å². The van der Waals surface area contributed by atoms with Gasteiger partial charge in [0.2, 0.25) is 17.7 Å². The molecule has 0 bridgehead atoms. The Hall–Kier alpha value is -2.93. The fourth-order valence-corrected chi connectivity index (χ4v) is 5.28. The van der Waals surface area contributed by atoms with E-state index in [0.29, 0.717) is 44.6 Å². The Kier molecular flexibility index (Phi) is 7.83. The number of nitrogens with one attached hydrogen (secondary N) is 1. The summed E-state index contributed by atoms with van der Waals surface area (Å²) in [5.74, 6) is 1.07. The van der Waals surface area contributed by atoms with Crippen LogP contribution in [-0.2, 0) is 20.8 Å². The van der Waals surface area contributed by atoms with E-state index < -0.39 is 0 Å². The van der Waals surface area contributed by atoms with Crippen LogP contribution in [0, 0.1) is 11.8 Å². The van der Waals surface area contributed by atoms with Crippen molar-refractivity contribution in [3.8, 4) is 0 Å². The molecule has 0 spiro atoms. The fourth-order valence-electron chi connectivity index (χ4n) is 5.28. The first-order chi connectivity index (χ1) is 16.4. The molecule has 34 heavy (non-hydrogen) atoms. The number of carbonyl (C=O) groups excluding carboxylic acids is 3. The minimum absolute atomic E-state index is 0.00604. The minimum Gasteiger partial charge on any atom is -0.347 e. The van der Waals surface area contributed by atoms with Gasteiger partial charge in [0.05, 0.1) is 19.5 Å². The van der Waals surface area contributed by atoms with Gasteiger partial charge in [-0.1, -0.05) is 56.3 Å². The number of benzene rings is 2. The van der Waals surface area contributed by atoms with E-state index >= 15 is 0 Å². The number of piperazine rings is 1. The summed E-state index contributed by atoms with van der Waals surface area (Å²) in [5.41, 5.74) is 0.957. The van der Waals surface area contributed by atoms with Crippen LogP contribution in [0.25, 0.3) is 10.8 Å². The van der Waals surface area contributed by atoms with Crippen LogP contribution >= 0.6 is 0 Å². The summed E-state index contributed by atoms with van der Waals surface area (Å²) in [6.45, 7) is 9.06. The topological polar surface area (TPSA) is 73.0 Å². The lowest BCUT2D eigenvalue weighted by Gasteiger charge is -2.38. The van der Waals surface area contributed by atoms with Crippen molar-refractivity contribution in [1.29, 1.82) is 0 Å². The van der Waals surface area contributed by atoms with Crippen LogP contribution in [0.5, 0.6) is 0 Å². The molecular weight excluding hydrogens is 428 g/mol. The van der Waals surface area contributed by atoms with E-state index in [4.69, 9.17) is 0 Å². The van der Waals surface area contributed by atoms with Gasteiger partial charge in [0, 0.05) is 39.3 Å². The van der Waals surface area contributed by atoms with Gasteiger partial charge in [-0.25, -0.2) is 0 Å². The Morgan fingerprint density at radius 2 is 1.53 bits per heavy atom. The van der Waals surface area contributed by atoms with E-state index in [1.807, 2.05) is 47.4 Å². The highest BCUT2D eigenvalue weighted by Gasteiger charge is 2.28.